The summed E-state index contributed by atoms with van der Waals surface area (Å²) in [7, 11) is 0. The van der Waals surface area contributed by atoms with Crippen molar-refractivity contribution in [1.29, 1.82) is 0 Å². The van der Waals surface area contributed by atoms with Crippen molar-refractivity contribution in [3.8, 4) is 11.5 Å². The maximum Gasteiger partial charge on any atom is 0.330 e. The number of fused-ring (bicyclic) bond motifs is 1. The molecule has 11 unspecified atom stereocenters. The average molecular weight is 744 g/mol. The van der Waals surface area contributed by atoms with E-state index in [1.165, 1.54) is 54.6 Å². The second-order valence-electron chi connectivity index (χ2n) is 12.5. The third kappa shape index (κ3) is 8.33. The molecule has 17 heteroatoms. The Bertz CT molecular complexity index is 1780. The van der Waals surface area contributed by atoms with Gasteiger partial charge in [-0.15, -0.1) is 0 Å². The molecule has 2 aromatic rings. The predicted molar refractivity (Wildman–Crippen MR) is 179 cm³/mol. The smallest absolute Gasteiger partial charge is 0.330 e. The van der Waals surface area contributed by atoms with E-state index < -0.39 is 86.7 Å². The van der Waals surface area contributed by atoms with Gasteiger partial charge in [0.2, 0.25) is 24.4 Å². The summed E-state index contributed by atoms with van der Waals surface area (Å²) < 4.78 is 33.1. The van der Waals surface area contributed by atoms with Gasteiger partial charge >= 0.3 is 11.7 Å². The molecule has 3 aliphatic heterocycles. The van der Waals surface area contributed by atoms with Crippen LogP contribution in [0.5, 0.6) is 11.5 Å². The van der Waals surface area contributed by atoms with Crippen molar-refractivity contribution in [3.63, 3.8) is 0 Å². The van der Waals surface area contributed by atoms with E-state index in [0.717, 1.165) is 12.2 Å². The van der Waals surface area contributed by atoms with Gasteiger partial charge in [-0.2, -0.15) is 0 Å². The number of carbonyl (C=O) groups excluding carboxylic acids is 1. The summed E-state index contributed by atoms with van der Waals surface area (Å²) >= 11 is 0. The Balaban J connectivity index is 1.25. The number of ether oxygens (including phenoxy) is 6. The first-order chi connectivity index (χ1) is 25.3. The number of rotatable bonds is 10. The summed E-state index contributed by atoms with van der Waals surface area (Å²) in [5, 5.41) is 103. The van der Waals surface area contributed by atoms with E-state index in [-0.39, 0.29) is 40.1 Å². The van der Waals surface area contributed by atoms with Crippen LogP contribution in [0, 0.1) is 0 Å². The molecule has 3 heterocycles. The quantitative estimate of drug-likeness (QED) is 0.0781. The molecule has 11 atom stereocenters. The Morgan fingerprint density at radius 1 is 0.736 bits per heavy atom. The molecule has 0 radical (unpaired) electrons. The lowest BCUT2D eigenvalue weighted by molar-refractivity contribution is -0.292. The predicted octanol–water partition coefficient (Wildman–Crippen LogP) is -1.16. The summed E-state index contributed by atoms with van der Waals surface area (Å²) in [6, 6.07) is 11.8. The Morgan fingerprint density at radius 2 is 1.32 bits per heavy atom. The third-order valence-electron chi connectivity index (χ3n) is 8.84. The normalized spacial score (nSPS) is 32.9. The zero-order chi connectivity index (χ0) is 38.0. The number of phenolic OH excluding ortho intramolecular Hbond substituents is 2. The van der Waals surface area contributed by atoms with Crippen LogP contribution in [0.3, 0.4) is 0 Å². The topological polar surface area (TPSA) is 278 Å². The molecule has 0 bridgehead atoms. The minimum absolute atomic E-state index is 0.0442. The van der Waals surface area contributed by atoms with E-state index in [1.807, 2.05) is 0 Å². The molecule has 17 nitrogen and oxygen atoms in total. The van der Waals surface area contributed by atoms with Crippen molar-refractivity contribution in [3.05, 3.63) is 107 Å². The minimum Gasteiger partial charge on any atom is -0.571 e. The molecule has 284 valence electrons. The van der Waals surface area contributed by atoms with Crippen LogP contribution < -0.4 is 0 Å². The molecular formula is C36H39O17+. The van der Waals surface area contributed by atoms with Crippen LogP contribution in [0.4, 0.5) is 0 Å². The van der Waals surface area contributed by atoms with Crippen molar-refractivity contribution >= 4 is 17.8 Å². The highest BCUT2D eigenvalue weighted by atomic mass is 16.7. The van der Waals surface area contributed by atoms with Crippen LogP contribution in [0.2, 0.25) is 0 Å². The van der Waals surface area contributed by atoms with Crippen LogP contribution in [0.15, 0.2) is 95.7 Å². The van der Waals surface area contributed by atoms with Crippen molar-refractivity contribution in [2.24, 2.45) is 0 Å². The highest BCUT2D eigenvalue weighted by Crippen LogP contribution is 2.39. The molecule has 0 aromatic heterocycles. The molecule has 6 rings (SSSR count). The molecule has 0 saturated carbocycles. The number of esters is 1. The number of aliphatic hydroxyl groups excluding tert-OH is 8. The first-order valence-electron chi connectivity index (χ1n) is 16.4. The molecule has 53 heavy (non-hydrogen) atoms. The Kier molecular flexibility index (Phi) is 11.4. The number of benzene rings is 2. The lowest BCUT2D eigenvalue weighted by atomic mass is 9.96. The summed E-state index contributed by atoms with van der Waals surface area (Å²) in [6.45, 7) is -1.28. The lowest BCUT2D eigenvalue weighted by Crippen LogP contribution is -2.59. The average Bonchev–Trinajstić information content (AvgIpc) is 3.14. The molecule has 0 amide bonds. The van der Waals surface area contributed by atoms with Gasteiger partial charge in [-0.1, -0.05) is 12.1 Å². The number of carbonyl (C=O) groups is 1. The van der Waals surface area contributed by atoms with Gasteiger partial charge in [0.1, 0.15) is 78.5 Å². The van der Waals surface area contributed by atoms with E-state index in [0.29, 0.717) is 11.1 Å². The van der Waals surface area contributed by atoms with Crippen LogP contribution in [0.1, 0.15) is 11.1 Å². The zero-order valence-corrected chi connectivity index (χ0v) is 27.6. The number of aromatic hydroxyl groups is 2. The first-order valence-corrected chi connectivity index (χ1v) is 16.4. The summed E-state index contributed by atoms with van der Waals surface area (Å²) in [4.78, 5) is 12.4. The van der Waals surface area contributed by atoms with E-state index >= 15 is 0 Å². The summed E-state index contributed by atoms with van der Waals surface area (Å²) in [5.74, 6) is -1.24. The third-order valence-corrected chi connectivity index (χ3v) is 8.84. The molecular weight excluding hydrogens is 704 g/mol. The number of phenols is 2. The maximum absolute atomic E-state index is 12.4. The zero-order valence-electron chi connectivity index (χ0n) is 27.6. The number of allylic oxidation sites excluding steroid dienone is 2. The fourth-order valence-corrected chi connectivity index (χ4v) is 5.90. The van der Waals surface area contributed by atoms with E-state index in [2.05, 4.69) is 4.74 Å². The highest BCUT2D eigenvalue weighted by Gasteiger charge is 2.48. The van der Waals surface area contributed by atoms with Gasteiger partial charge in [0.25, 0.3) is 0 Å². The van der Waals surface area contributed by atoms with Gasteiger partial charge < -0.3 is 79.5 Å². The van der Waals surface area contributed by atoms with Gasteiger partial charge in [0, 0.05) is 18.2 Å². The number of hydrogen-bond acceptors (Lipinski definition) is 16. The fourth-order valence-electron chi connectivity index (χ4n) is 5.90. The monoisotopic (exact) mass is 743 g/mol. The van der Waals surface area contributed by atoms with E-state index in [9.17, 15) is 55.9 Å². The second kappa shape index (κ2) is 16.0. The van der Waals surface area contributed by atoms with Crippen LogP contribution >= 0.6 is 0 Å². The van der Waals surface area contributed by atoms with Gasteiger partial charge in [-0.05, 0) is 48.0 Å². The van der Waals surface area contributed by atoms with Crippen molar-refractivity contribution in [1.82, 2.24) is 0 Å². The molecule has 2 saturated heterocycles. The summed E-state index contributed by atoms with van der Waals surface area (Å²) in [6.07, 6.45) is -11.1. The number of aliphatic hydroxyl groups is 10. The van der Waals surface area contributed by atoms with Crippen molar-refractivity contribution in [2.45, 2.75) is 67.5 Å². The molecule has 2 aromatic carbocycles. The Hall–Kier alpha value is -4.95. The highest BCUT2D eigenvalue weighted by molar-refractivity contribution is 5.87. The molecule has 4 aliphatic rings. The van der Waals surface area contributed by atoms with Crippen LogP contribution in [-0.2, 0) is 28.5 Å². The van der Waals surface area contributed by atoms with Gasteiger partial charge in [0.15, 0.2) is 0 Å². The lowest BCUT2D eigenvalue weighted by Gasteiger charge is -2.41. The van der Waals surface area contributed by atoms with E-state index in [4.69, 9.17) is 23.7 Å². The van der Waals surface area contributed by atoms with Gasteiger partial charge in [-0.3, -0.25) is 0 Å². The van der Waals surface area contributed by atoms with Crippen LogP contribution in [0.25, 0.3) is 11.8 Å². The second-order valence-corrected chi connectivity index (χ2v) is 12.5. The molecule has 0 spiro atoms. The molecule has 1 aliphatic carbocycles. The SMILES string of the molecule is O=C(C=Cc1ccc(O)cc1)OCC1OC(OC2=C(c3ccc(O)cc3)[OH+]C3C=C(O)C=C(OC4OC(CO)C(O)C(O)C4O)C3=C2)C(O)C(O)C1O. The van der Waals surface area contributed by atoms with Gasteiger partial charge in [0.05, 0.1) is 23.8 Å². The van der Waals surface area contributed by atoms with Crippen molar-refractivity contribution < 1.29 is 84.3 Å². The standard InChI is InChI=1S/C36H38O17/c37-14-25-28(42)30(44)32(46)35(52-25)50-23-12-20(40)11-22-21(23)13-24(34(49-22)17-4-8-19(39)9-5-17)51-36-33(47)31(45)29(43)26(53-36)15-48-27(41)10-3-16-1-6-18(38)7-2-16/h1-13,22,25-26,28-33,35-40,42-47H,14-15H2/p+1. The molecule has 11 N–H and O–H groups in total. The Labute approximate surface area is 301 Å². The maximum atomic E-state index is 12.4. The van der Waals surface area contributed by atoms with E-state index in [1.54, 1.807) is 12.1 Å². The van der Waals surface area contributed by atoms with Crippen molar-refractivity contribution in [2.75, 3.05) is 13.2 Å². The fraction of sp³-hybridized carbons (Fsp3) is 0.361. The van der Waals surface area contributed by atoms with Gasteiger partial charge in [-0.25, -0.2) is 4.79 Å². The summed E-state index contributed by atoms with van der Waals surface area (Å²) in [5.41, 5.74) is 1.19. The first kappa shape index (κ1) is 37.8. The van der Waals surface area contributed by atoms with Crippen LogP contribution in [-0.4, -0.2) is 143 Å². The minimum atomic E-state index is -1.84. The molecule has 2 fully saturated rings. The number of hydrogen-bond donors (Lipinski definition) is 10. The Morgan fingerprint density at radius 3 is 1.96 bits per heavy atom. The largest absolute Gasteiger partial charge is 0.571 e.